The molecule has 4 unspecified atom stereocenters. The highest BCUT2D eigenvalue weighted by atomic mass is 32.2. The van der Waals surface area contributed by atoms with E-state index in [-0.39, 0.29) is 33.9 Å². The van der Waals surface area contributed by atoms with Crippen LogP contribution in [0.5, 0.6) is 0 Å². The van der Waals surface area contributed by atoms with E-state index >= 15 is 0 Å². The van der Waals surface area contributed by atoms with E-state index in [9.17, 15) is 28.8 Å². The number of aromatic nitrogens is 2. The molecule has 0 aliphatic carbocycles. The first-order valence-corrected chi connectivity index (χ1v) is 15.9. The molecule has 2 saturated heterocycles. The zero-order valence-corrected chi connectivity index (χ0v) is 27.0. The number of piperazine rings is 1. The highest BCUT2D eigenvalue weighted by molar-refractivity contribution is 8.00. The quantitative estimate of drug-likeness (QED) is 0.0326. The predicted octanol–water partition coefficient (Wildman–Crippen LogP) is -2.47. The van der Waals surface area contributed by atoms with E-state index < -0.39 is 66.7 Å². The van der Waals surface area contributed by atoms with Crippen molar-refractivity contribution >= 4 is 70.3 Å². The zero-order valence-electron chi connectivity index (χ0n) is 25.4. The largest absolute Gasteiger partial charge is 0.511 e. The molecule has 0 spiro atoms. The molecule has 3 aliphatic rings. The van der Waals surface area contributed by atoms with Crippen LogP contribution in [0, 0.1) is 5.41 Å². The van der Waals surface area contributed by atoms with Crippen LogP contribution in [0.2, 0.25) is 0 Å². The lowest BCUT2D eigenvalue weighted by atomic mass is 10.0. The number of hydrazone groups is 1. The molecular weight excluding hydrogens is 685 g/mol. The van der Waals surface area contributed by atoms with Crippen molar-refractivity contribution in [3.05, 3.63) is 17.1 Å². The summed E-state index contributed by atoms with van der Waals surface area (Å²) in [6.45, 7) is 2.49. The van der Waals surface area contributed by atoms with E-state index in [0.29, 0.717) is 37.7 Å². The maximum atomic E-state index is 13.5. The molecule has 24 heteroatoms. The summed E-state index contributed by atoms with van der Waals surface area (Å²) in [6, 6.07) is -1.23. The average Bonchev–Trinajstić information content (AvgIpc) is 3.51. The third-order valence-electron chi connectivity index (χ3n) is 6.72. The SMILES string of the molecule is CC(OC(=O)OCC(O)CO)OC(=O)C1=C(/C=N/N(C)C(=N)N2CCNCC2)CSC2C(NC(=O)/C(=N\OF)c3nsc(N)n3)C(=O)N12. The number of oxime groups is 1. The third kappa shape index (κ3) is 8.62. The molecule has 4 rings (SSSR count). The summed E-state index contributed by atoms with van der Waals surface area (Å²) in [5.41, 5.74) is 4.76. The van der Waals surface area contributed by atoms with Gasteiger partial charge >= 0.3 is 12.1 Å². The van der Waals surface area contributed by atoms with Gasteiger partial charge in [-0.05, 0) is 5.16 Å². The summed E-state index contributed by atoms with van der Waals surface area (Å²) in [6.07, 6.45) is -2.91. The molecule has 7 N–H and O–H groups in total. The maximum Gasteiger partial charge on any atom is 0.511 e. The van der Waals surface area contributed by atoms with Gasteiger partial charge in [0.2, 0.25) is 23.8 Å². The Morgan fingerprint density at radius 1 is 1.33 bits per heavy atom. The summed E-state index contributed by atoms with van der Waals surface area (Å²) < 4.78 is 31.2. The predicted molar refractivity (Wildman–Crippen MR) is 165 cm³/mol. The lowest BCUT2D eigenvalue weighted by molar-refractivity contribution is -0.169. The molecule has 0 saturated carbocycles. The van der Waals surface area contributed by atoms with Gasteiger partial charge in [-0.1, -0.05) is 0 Å². The van der Waals surface area contributed by atoms with Gasteiger partial charge in [-0.15, -0.1) is 11.8 Å². The van der Waals surface area contributed by atoms with Crippen molar-refractivity contribution in [1.82, 2.24) is 34.8 Å². The third-order valence-corrected chi connectivity index (χ3v) is 8.57. The Morgan fingerprint density at radius 2 is 2.06 bits per heavy atom. The highest BCUT2D eigenvalue weighted by Crippen LogP contribution is 2.40. The monoisotopic (exact) mass is 717 g/mol. The second-order valence-electron chi connectivity index (χ2n) is 10.0. The number of carbonyl (C=O) groups is 4. The second-order valence-corrected chi connectivity index (χ2v) is 11.9. The van der Waals surface area contributed by atoms with Crippen LogP contribution in [0.25, 0.3) is 0 Å². The summed E-state index contributed by atoms with van der Waals surface area (Å²) in [5, 5.41) is 43.2. The van der Waals surface area contributed by atoms with Crippen LogP contribution in [0.1, 0.15) is 12.7 Å². The van der Waals surface area contributed by atoms with E-state index in [0.717, 1.165) is 16.7 Å². The fraction of sp³-hybridized carbons (Fsp3) is 0.542. The van der Waals surface area contributed by atoms with E-state index in [4.69, 9.17) is 25.7 Å². The number of nitrogens with zero attached hydrogens (tertiary/aromatic N) is 7. The number of thioether (sulfide) groups is 1. The molecule has 2 fully saturated rings. The van der Waals surface area contributed by atoms with E-state index in [2.05, 4.69) is 40.0 Å². The molecule has 2 amide bonds. The number of halogens is 1. The van der Waals surface area contributed by atoms with Crippen LogP contribution >= 0.6 is 23.3 Å². The number of β-lactam (4-membered cyclic amide) rings is 1. The molecule has 1 aromatic heterocycles. The molecule has 4 atom stereocenters. The number of aliphatic hydroxyl groups excluding tert-OH is 2. The summed E-state index contributed by atoms with van der Waals surface area (Å²) >= 11 is 1.86. The maximum absolute atomic E-state index is 13.5. The van der Waals surface area contributed by atoms with Gasteiger partial charge in [-0.3, -0.25) is 19.9 Å². The van der Waals surface area contributed by atoms with Gasteiger partial charge in [0.05, 0.1) is 12.8 Å². The fourth-order valence-corrected chi connectivity index (χ4v) is 6.13. The standard InChI is InChI=1S/C24H32FN11O10S2/c1-11(45-24(42)43-9-13(38)8-37)44-21(41)16-12(7-29-34(2)23(27)35-5-3-28-4-6-35)10-47-20-15(19(40)36(16)20)30-18(39)14(32-46-25)17-31-22(26)48-33-17/h7,11,13,15,20,27-28,37-38H,3-6,8-10H2,1-2H3,(H,30,39)(H2,26,31,33)/b27-23?,29-7+,32-14-. The van der Waals surface area contributed by atoms with Crippen molar-refractivity contribution in [1.29, 1.82) is 5.41 Å². The van der Waals surface area contributed by atoms with Gasteiger partial charge in [-0.25, -0.2) is 14.6 Å². The molecule has 0 bridgehead atoms. The number of hydrogen-bond donors (Lipinski definition) is 6. The van der Waals surface area contributed by atoms with Crippen molar-refractivity contribution < 1.29 is 53.2 Å². The number of anilines is 1. The first-order chi connectivity index (χ1) is 22.9. The number of guanidine groups is 1. The molecule has 1 aromatic rings. The zero-order chi connectivity index (χ0) is 35.0. The van der Waals surface area contributed by atoms with Crippen LogP contribution in [0.15, 0.2) is 21.5 Å². The number of carbonyl (C=O) groups excluding carboxylic acids is 4. The van der Waals surface area contributed by atoms with Gasteiger partial charge in [-0.2, -0.15) is 19.5 Å². The molecule has 0 radical (unpaired) electrons. The van der Waals surface area contributed by atoms with Crippen molar-refractivity contribution in [2.24, 2.45) is 10.3 Å². The average molecular weight is 718 g/mol. The Morgan fingerprint density at radius 3 is 2.71 bits per heavy atom. The molecular formula is C24H32FN11O10S2. The van der Waals surface area contributed by atoms with Crippen LogP contribution in [0.4, 0.5) is 14.5 Å². The smallest absolute Gasteiger partial charge is 0.431 e. The highest BCUT2D eigenvalue weighted by Gasteiger charge is 2.55. The van der Waals surface area contributed by atoms with Crippen LogP contribution in [-0.4, -0.2) is 152 Å². The summed E-state index contributed by atoms with van der Waals surface area (Å²) in [4.78, 5) is 58.4. The first-order valence-electron chi connectivity index (χ1n) is 14.0. The van der Waals surface area contributed by atoms with E-state index in [1.165, 1.54) is 18.1 Å². The van der Waals surface area contributed by atoms with Crippen LogP contribution in [0.3, 0.4) is 0 Å². The van der Waals surface area contributed by atoms with Gasteiger partial charge in [0.15, 0.2) is 5.13 Å². The number of fused-ring (bicyclic) bond motifs is 1. The number of hydrogen-bond acceptors (Lipinski definition) is 19. The number of nitrogens with one attached hydrogen (secondary N) is 3. The molecule has 262 valence electrons. The van der Waals surface area contributed by atoms with Crippen molar-refractivity contribution in [3.8, 4) is 0 Å². The Bertz CT molecular complexity index is 1490. The normalized spacial score (nSPS) is 20.8. The number of nitrogen functional groups attached to an aromatic ring is 1. The number of aliphatic hydroxyl groups is 2. The fourth-order valence-electron chi connectivity index (χ4n) is 4.40. The van der Waals surface area contributed by atoms with Crippen LogP contribution < -0.4 is 16.4 Å². The Kier molecular flexibility index (Phi) is 12.4. The Balaban J connectivity index is 1.53. The molecule has 0 aromatic carbocycles. The number of amides is 2. The Labute approximate surface area is 279 Å². The lowest BCUT2D eigenvalue weighted by Crippen LogP contribution is -2.71. The van der Waals surface area contributed by atoms with E-state index in [1.54, 1.807) is 11.9 Å². The number of esters is 1. The molecule has 48 heavy (non-hydrogen) atoms. The van der Waals surface area contributed by atoms with Crippen molar-refractivity contribution in [2.75, 3.05) is 57.9 Å². The Hall–Kier alpha value is -4.65. The van der Waals surface area contributed by atoms with E-state index in [1.807, 2.05) is 0 Å². The minimum atomic E-state index is -1.54. The summed E-state index contributed by atoms with van der Waals surface area (Å²) in [7, 11) is 1.54. The van der Waals surface area contributed by atoms with Gasteiger partial charge in [0, 0.05) is 67.5 Å². The number of rotatable bonds is 12. The second kappa shape index (κ2) is 16.4. The lowest BCUT2D eigenvalue weighted by Gasteiger charge is -2.49. The topological polar surface area (TPSA) is 280 Å². The molecule has 3 aliphatic heterocycles. The number of ether oxygens (including phenoxy) is 3. The minimum Gasteiger partial charge on any atom is -0.431 e. The van der Waals surface area contributed by atoms with Crippen LogP contribution in [-0.2, 0) is 33.6 Å². The summed E-state index contributed by atoms with van der Waals surface area (Å²) in [5.74, 6) is -3.12. The van der Waals surface area contributed by atoms with Gasteiger partial charge in [0.1, 0.15) is 29.8 Å². The van der Waals surface area contributed by atoms with Gasteiger partial charge < -0.3 is 45.7 Å². The number of nitrogens with two attached hydrogens (primary N) is 1. The minimum absolute atomic E-state index is 0.0384. The van der Waals surface area contributed by atoms with Crippen molar-refractivity contribution in [3.63, 3.8) is 0 Å². The molecule has 4 heterocycles. The van der Waals surface area contributed by atoms with Gasteiger partial charge in [0.25, 0.3) is 11.8 Å². The first kappa shape index (κ1) is 36.2. The van der Waals surface area contributed by atoms with Crippen molar-refractivity contribution in [2.45, 2.75) is 30.7 Å². The molecule has 21 nitrogen and oxygen atoms in total.